The number of thiophene rings is 2. The van der Waals surface area contributed by atoms with Crippen LogP contribution in [0.25, 0.3) is 0 Å². The van der Waals surface area contributed by atoms with Crippen molar-refractivity contribution in [2.45, 2.75) is 59.5 Å². The summed E-state index contributed by atoms with van der Waals surface area (Å²) in [5.74, 6) is 0.171. The van der Waals surface area contributed by atoms with Gasteiger partial charge in [-0.25, -0.2) is 0 Å². The third-order valence-electron chi connectivity index (χ3n) is 4.11. The lowest BCUT2D eigenvalue weighted by Crippen LogP contribution is -2.46. The zero-order chi connectivity index (χ0) is 16.9. The van der Waals surface area contributed by atoms with Crippen LogP contribution in [-0.4, -0.2) is 16.8 Å². The van der Waals surface area contributed by atoms with Crippen molar-refractivity contribution in [3.05, 3.63) is 44.8 Å². The van der Waals surface area contributed by atoms with Crippen LogP contribution < -0.4 is 0 Å². The second-order valence-electron chi connectivity index (χ2n) is 7.01. The number of hydrogen-bond acceptors (Lipinski definition) is 3. The topological polar surface area (TPSA) is 20.3 Å². The van der Waals surface area contributed by atoms with Crippen LogP contribution in [0.15, 0.2) is 35.0 Å². The Balaban J connectivity index is 2.31. The van der Waals surface area contributed by atoms with Gasteiger partial charge in [0.1, 0.15) is 0 Å². The molecule has 2 aromatic rings. The molecule has 0 bridgehead atoms. The average Bonchev–Trinajstić information content (AvgIpc) is 3.17. The normalized spacial score (nSPS) is 13.0. The summed E-state index contributed by atoms with van der Waals surface area (Å²) in [6, 6.07) is 8.33. The minimum atomic E-state index is 0.0688. The predicted molar refractivity (Wildman–Crippen MR) is 101 cm³/mol. The molecule has 0 saturated heterocycles. The summed E-state index contributed by atoms with van der Waals surface area (Å²) in [6.45, 7) is 9.66. The van der Waals surface area contributed by atoms with E-state index in [9.17, 15) is 4.79 Å². The summed E-state index contributed by atoms with van der Waals surface area (Å²) < 4.78 is 0. The first kappa shape index (κ1) is 18.2. The molecule has 1 atom stereocenters. The van der Waals surface area contributed by atoms with Gasteiger partial charge in [0.25, 0.3) is 5.91 Å². The van der Waals surface area contributed by atoms with Gasteiger partial charge in [0.15, 0.2) is 0 Å². The fraction of sp³-hybridized carbons (Fsp3) is 0.526. The van der Waals surface area contributed by atoms with E-state index in [0.29, 0.717) is 6.54 Å². The third-order valence-corrected chi connectivity index (χ3v) is 5.83. The highest BCUT2D eigenvalue weighted by atomic mass is 32.1. The van der Waals surface area contributed by atoms with E-state index >= 15 is 0 Å². The Labute approximate surface area is 148 Å². The van der Waals surface area contributed by atoms with Crippen LogP contribution in [0.5, 0.6) is 0 Å². The quantitative estimate of drug-likeness (QED) is 0.595. The van der Waals surface area contributed by atoms with Crippen molar-refractivity contribution in [1.82, 2.24) is 4.90 Å². The van der Waals surface area contributed by atoms with Crippen LogP contribution in [0.1, 0.15) is 61.5 Å². The molecule has 2 rings (SSSR count). The molecule has 0 spiro atoms. The molecule has 2 nitrogen and oxygen atoms in total. The molecule has 0 aliphatic carbocycles. The summed E-state index contributed by atoms with van der Waals surface area (Å²) >= 11 is 3.26. The molecule has 1 amide bonds. The molecule has 0 saturated carbocycles. The van der Waals surface area contributed by atoms with Gasteiger partial charge < -0.3 is 4.90 Å². The largest absolute Gasteiger partial charge is 0.329 e. The molecular weight excluding hydrogens is 322 g/mol. The Morgan fingerprint density at radius 1 is 1.17 bits per heavy atom. The van der Waals surface area contributed by atoms with Crippen molar-refractivity contribution in [3.63, 3.8) is 0 Å². The van der Waals surface area contributed by atoms with Gasteiger partial charge in [-0.1, -0.05) is 52.7 Å². The van der Waals surface area contributed by atoms with Crippen molar-refractivity contribution in [2.75, 3.05) is 0 Å². The molecule has 0 N–H and O–H groups in total. The predicted octanol–water partition coefficient (Wildman–Crippen LogP) is 6.06. The fourth-order valence-corrected chi connectivity index (χ4v) is 4.27. The molecule has 0 radical (unpaired) electrons. The highest BCUT2D eigenvalue weighted by molar-refractivity contribution is 7.12. The maximum absolute atomic E-state index is 13.1. The van der Waals surface area contributed by atoms with E-state index in [1.807, 2.05) is 17.5 Å². The van der Waals surface area contributed by atoms with Gasteiger partial charge in [0.2, 0.25) is 0 Å². The van der Waals surface area contributed by atoms with Crippen molar-refractivity contribution in [3.8, 4) is 0 Å². The zero-order valence-electron chi connectivity index (χ0n) is 14.5. The van der Waals surface area contributed by atoms with Crippen LogP contribution in [0.2, 0.25) is 0 Å². The lowest BCUT2D eigenvalue weighted by molar-refractivity contribution is 0.0470. The smallest absolute Gasteiger partial charge is 0.264 e. The van der Waals surface area contributed by atoms with E-state index < -0.39 is 0 Å². The summed E-state index contributed by atoms with van der Waals surface area (Å²) in [4.78, 5) is 17.3. The molecule has 0 aromatic carbocycles. The van der Waals surface area contributed by atoms with Crippen LogP contribution in [0.3, 0.4) is 0 Å². The molecule has 23 heavy (non-hydrogen) atoms. The Kier molecular flexibility index (Phi) is 6.42. The molecule has 1 unspecified atom stereocenters. The monoisotopic (exact) mass is 349 g/mol. The Hall–Kier alpha value is -1.13. The molecule has 4 heteroatoms. The van der Waals surface area contributed by atoms with Gasteiger partial charge in [-0.2, -0.15) is 0 Å². The number of rotatable bonds is 7. The van der Waals surface area contributed by atoms with Crippen molar-refractivity contribution >= 4 is 28.6 Å². The number of hydrogen-bond donors (Lipinski definition) is 0. The van der Waals surface area contributed by atoms with Gasteiger partial charge in [0.05, 0.1) is 11.4 Å². The summed E-state index contributed by atoms with van der Waals surface area (Å²) in [6.07, 6.45) is 3.37. The van der Waals surface area contributed by atoms with Crippen molar-refractivity contribution in [1.29, 1.82) is 0 Å². The summed E-state index contributed by atoms with van der Waals surface area (Å²) in [5, 5.41) is 4.07. The third kappa shape index (κ3) is 4.92. The van der Waals surface area contributed by atoms with E-state index in [1.54, 1.807) is 11.3 Å². The first-order valence-electron chi connectivity index (χ1n) is 8.30. The molecule has 0 aliphatic rings. The minimum absolute atomic E-state index is 0.0688. The fourth-order valence-electron chi connectivity index (χ4n) is 2.89. The Bertz CT molecular complexity index is 581. The summed E-state index contributed by atoms with van der Waals surface area (Å²) in [5.41, 5.74) is 0.0688. The van der Waals surface area contributed by atoms with Gasteiger partial charge >= 0.3 is 0 Å². The van der Waals surface area contributed by atoms with E-state index in [0.717, 1.165) is 24.1 Å². The first-order valence-corrected chi connectivity index (χ1v) is 10.1. The standard InChI is InChI=1S/C19H27NOS2/c1-5-6-11-17(19(2,3)4)20(14-15-9-7-12-22-15)18(21)16-10-8-13-23-16/h7-10,12-13,17H,5-6,11,14H2,1-4H3. The lowest BCUT2D eigenvalue weighted by atomic mass is 9.82. The van der Waals surface area contributed by atoms with Gasteiger partial charge in [-0.3, -0.25) is 4.79 Å². The molecular formula is C19H27NOS2. The van der Waals surface area contributed by atoms with Crippen molar-refractivity contribution in [2.24, 2.45) is 5.41 Å². The highest BCUT2D eigenvalue weighted by Gasteiger charge is 2.33. The number of nitrogens with zero attached hydrogens (tertiary/aromatic N) is 1. The average molecular weight is 350 g/mol. The van der Waals surface area contributed by atoms with Gasteiger partial charge in [-0.05, 0) is 34.7 Å². The molecule has 2 heterocycles. The maximum atomic E-state index is 13.1. The lowest BCUT2D eigenvalue weighted by Gasteiger charge is -2.40. The Morgan fingerprint density at radius 3 is 2.39 bits per heavy atom. The zero-order valence-corrected chi connectivity index (χ0v) is 16.2. The van der Waals surface area contributed by atoms with E-state index in [-0.39, 0.29) is 17.4 Å². The maximum Gasteiger partial charge on any atom is 0.264 e. The highest BCUT2D eigenvalue weighted by Crippen LogP contribution is 2.32. The SMILES string of the molecule is CCCCC(N(Cc1cccs1)C(=O)c1cccs1)C(C)(C)C. The second-order valence-corrected chi connectivity index (χ2v) is 8.99. The number of carbonyl (C=O) groups is 1. The number of unbranched alkanes of at least 4 members (excludes halogenated alkanes) is 1. The van der Waals surface area contributed by atoms with Gasteiger partial charge in [0, 0.05) is 10.9 Å². The van der Waals surface area contributed by atoms with Crippen molar-refractivity contribution < 1.29 is 4.79 Å². The summed E-state index contributed by atoms with van der Waals surface area (Å²) in [7, 11) is 0. The van der Waals surface area contributed by atoms with E-state index in [2.05, 4.69) is 50.1 Å². The van der Waals surface area contributed by atoms with Crippen LogP contribution in [-0.2, 0) is 6.54 Å². The van der Waals surface area contributed by atoms with Crippen LogP contribution in [0, 0.1) is 5.41 Å². The van der Waals surface area contributed by atoms with E-state index in [4.69, 9.17) is 0 Å². The second kappa shape index (κ2) is 8.11. The Morgan fingerprint density at radius 2 is 1.87 bits per heavy atom. The first-order chi connectivity index (χ1) is 10.9. The van der Waals surface area contributed by atoms with Crippen LogP contribution in [0.4, 0.5) is 0 Å². The number of amides is 1. The van der Waals surface area contributed by atoms with Gasteiger partial charge in [-0.15, -0.1) is 22.7 Å². The molecule has 0 fully saturated rings. The molecule has 0 aliphatic heterocycles. The van der Waals surface area contributed by atoms with Crippen LogP contribution >= 0.6 is 22.7 Å². The minimum Gasteiger partial charge on any atom is -0.329 e. The number of carbonyl (C=O) groups excluding carboxylic acids is 1. The molecule has 126 valence electrons. The molecule has 2 aromatic heterocycles. The van der Waals surface area contributed by atoms with E-state index in [1.165, 1.54) is 16.2 Å².